The third-order valence-electron chi connectivity index (χ3n) is 3.44. The second-order valence-corrected chi connectivity index (χ2v) is 4.77. The van der Waals surface area contributed by atoms with E-state index in [2.05, 4.69) is 0 Å². The molecule has 2 N–H and O–H groups in total. The Balaban J connectivity index is 1.99. The molecular weight excluding hydrogens is 267 g/mol. The quantitative estimate of drug-likeness (QED) is 0.865. The van der Waals surface area contributed by atoms with Crippen LogP contribution < -0.4 is 10.5 Å². The highest BCUT2D eigenvalue weighted by Crippen LogP contribution is 2.40. The normalized spacial score (nSPS) is 21.2. The van der Waals surface area contributed by atoms with E-state index in [1.165, 1.54) is 30.3 Å². The van der Waals surface area contributed by atoms with E-state index in [9.17, 15) is 13.2 Å². The number of benzene rings is 2. The molecule has 0 saturated heterocycles. The van der Waals surface area contributed by atoms with Crippen LogP contribution in [0.15, 0.2) is 36.4 Å². The highest BCUT2D eigenvalue weighted by atomic mass is 19.2. The Morgan fingerprint density at radius 3 is 2.65 bits per heavy atom. The summed E-state index contributed by atoms with van der Waals surface area (Å²) in [6.07, 6.45) is -0.421. The summed E-state index contributed by atoms with van der Waals surface area (Å²) in [6, 6.07) is 7.45. The predicted octanol–water partition coefficient (Wildman–Crippen LogP) is 3.63. The molecule has 2 aromatic carbocycles. The van der Waals surface area contributed by atoms with Gasteiger partial charge in [-0.3, -0.25) is 0 Å². The van der Waals surface area contributed by atoms with Crippen molar-refractivity contribution < 1.29 is 17.9 Å². The Morgan fingerprint density at radius 2 is 1.85 bits per heavy atom. The summed E-state index contributed by atoms with van der Waals surface area (Å²) in [7, 11) is 0. The third-order valence-corrected chi connectivity index (χ3v) is 3.44. The van der Waals surface area contributed by atoms with Gasteiger partial charge in [-0.25, -0.2) is 13.2 Å². The van der Waals surface area contributed by atoms with Crippen LogP contribution >= 0.6 is 0 Å². The molecule has 1 heterocycles. The monoisotopic (exact) mass is 279 g/mol. The fourth-order valence-electron chi connectivity index (χ4n) is 2.43. The van der Waals surface area contributed by atoms with Gasteiger partial charge >= 0.3 is 0 Å². The molecule has 5 heteroatoms. The number of hydrogen-bond donors (Lipinski definition) is 1. The minimum absolute atomic E-state index is 0.121. The van der Waals surface area contributed by atoms with Gasteiger partial charge in [0.05, 0.1) is 0 Å². The maximum Gasteiger partial charge on any atom is 0.165 e. The zero-order valence-electron chi connectivity index (χ0n) is 10.4. The Hall–Kier alpha value is -2.01. The molecule has 3 rings (SSSR count). The fraction of sp³-hybridized carbons (Fsp3) is 0.200. The molecule has 2 atom stereocenters. The zero-order valence-corrected chi connectivity index (χ0v) is 10.4. The molecule has 0 spiro atoms. The third kappa shape index (κ3) is 2.14. The maximum absolute atomic E-state index is 13.8. The second-order valence-electron chi connectivity index (χ2n) is 4.77. The lowest BCUT2D eigenvalue weighted by Crippen LogP contribution is -2.25. The Morgan fingerprint density at radius 1 is 1.05 bits per heavy atom. The van der Waals surface area contributed by atoms with E-state index < -0.39 is 29.6 Å². The first-order valence-corrected chi connectivity index (χ1v) is 6.22. The van der Waals surface area contributed by atoms with Gasteiger partial charge in [-0.15, -0.1) is 0 Å². The average Bonchev–Trinajstić information content (AvgIpc) is 2.42. The molecule has 2 unspecified atom stereocenters. The van der Waals surface area contributed by atoms with Gasteiger partial charge in [0.1, 0.15) is 17.7 Å². The van der Waals surface area contributed by atoms with Crippen molar-refractivity contribution in [1.29, 1.82) is 0 Å². The van der Waals surface area contributed by atoms with E-state index in [-0.39, 0.29) is 12.0 Å². The number of rotatable bonds is 1. The molecule has 0 aliphatic carbocycles. The Kier molecular flexibility index (Phi) is 3.14. The van der Waals surface area contributed by atoms with Crippen LogP contribution in [0.2, 0.25) is 0 Å². The summed E-state index contributed by atoms with van der Waals surface area (Å²) in [5.74, 6) is -1.86. The molecule has 0 aromatic heterocycles. The first kappa shape index (κ1) is 13.0. The summed E-state index contributed by atoms with van der Waals surface area (Å²) in [6.45, 7) is 0. The van der Waals surface area contributed by atoms with Gasteiger partial charge in [-0.05, 0) is 24.3 Å². The number of fused-ring (bicyclic) bond motifs is 1. The maximum atomic E-state index is 13.8. The van der Waals surface area contributed by atoms with Crippen molar-refractivity contribution in [1.82, 2.24) is 0 Å². The van der Waals surface area contributed by atoms with Crippen molar-refractivity contribution >= 4 is 0 Å². The van der Waals surface area contributed by atoms with Gasteiger partial charge in [0.25, 0.3) is 0 Å². The van der Waals surface area contributed by atoms with Gasteiger partial charge in [0.15, 0.2) is 11.6 Å². The number of hydrogen-bond acceptors (Lipinski definition) is 2. The predicted molar refractivity (Wildman–Crippen MR) is 67.7 cm³/mol. The summed E-state index contributed by atoms with van der Waals surface area (Å²) in [5.41, 5.74) is 6.63. The molecule has 20 heavy (non-hydrogen) atoms. The van der Waals surface area contributed by atoms with Crippen LogP contribution in [0.4, 0.5) is 13.2 Å². The van der Waals surface area contributed by atoms with E-state index in [0.717, 1.165) is 6.07 Å². The van der Waals surface area contributed by atoms with Crippen molar-refractivity contribution in [3.63, 3.8) is 0 Å². The molecule has 0 fully saturated rings. The van der Waals surface area contributed by atoms with Crippen LogP contribution in [0, 0.1) is 17.5 Å². The van der Waals surface area contributed by atoms with Gasteiger partial charge in [-0.1, -0.05) is 12.1 Å². The lowest BCUT2D eigenvalue weighted by molar-refractivity contribution is 0.156. The van der Waals surface area contributed by atoms with E-state index in [0.29, 0.717) is 11.3 Å². The van der Waals surface area contributed by atoms with E-state index in [4.69, 9.17) is 10.5 Å². The first-order chi connectivity index (χ1) is 9.56. The van der Waals surface area contributed by atoms with Crippen LogP contribution in [-0.4, -0.2) is 0 Å². The van der Waals surface area contributed by atoms with Crippen molar-refractivity contribution in [3.8, 4) is 5.75 Å². The molecule has 0 radical (unpaired) electrons. The molecule has 2 aromatic rings. The zero-order chi connectivity index (χ0) is 14.3. The average molecular weight is 279 g/mol. The minimum atomic E-state index is -0.935. The second kappa shape index (κ2) is 4.83. The SMILES string of the molecule is NC1CC(c2cccc(F)c2F)Oc2ccc(F)cc21. The molecule has 0 saturated carbocycles. The van der Waals surface area contributed by atoms with Crippen molar-refractivity contribution in [3.05, 3.63) is 65.0 Å². The van der Waals surface area contributed by atoms with Crippen molar-refractivity contribution in [2.24, 2.45) is 5.73 Å². The lowest BCUT2D eigenvalue weighted by atomic mass is 9.93. The standard InChI is InChI=1S/C15H12F3NO/c16-8-4-5-13-10(6-8)12(19)7-14(20-13)9-2-1-3-11(17)15(9)18/h1-6,12,14H,7,19H2. The number of ether oxygens (including phenoxy) is 1. The topological polar surface area (TPSA) is 35.2 Å². The largest absolute Gasteiger partial charge is 0.485 e. The highest BCUT2D eigenvalue weighted by Gasteiger charge is 2.29. The first-order valence-electron chi connectivity index (χ1n) is 6.22. The molecule has 0 amide bonds. The minimum Gasteiger partial charge on any atom is -0.485 e. The van der Waals surface area contributed by atoms with E-state index >= 15 is 0 Å². The molecular formula is C15H12F3NO. The molecule has 104 valence electrons. The van der Waals surface area contributed by atoms with Crippen LogP contribution in [0.5, 0.6) is 5.75 Å². The number of nitrogens with two attached hydrogens (primary N) is 1. The van der Waals surface area contributed by atoms with E-state index in [1.807, 2.05) is 0 Å². The van der Waals surface area contributed by atoms with Gasteiger partial charge in [0.2, 0.25) is 0 Å². The summed E-state index contributed by atoms with van der Waals surface area (Å²) in [4.78, 5) is 0. The smallest absolute Gasteiger partial charge is 0.165 e. The molecule has 0 bridgehead atoms. The van der Waals surface area contributed by atoms with Crippen molar-refractivity contribution in [2.45, 2.75) is 18.6 Å². The lowest BCUT2D eigenvalue weighted by Gasteiger charge is -2.30. The summed E-state index contributed by atoms with van der Waals surface area (Å²) < 4.78 is 45.9. The van der Waals surface area contributed by atoms with Crippen LogP contribution in [0.25, 0.3) is 0 Å². The van der Waals surface area contributed by atoms with Gasteiger partial charge < -0.3 is 10.5 Å². The van der Waals surface area contributed by atoms with E-state index in [1.54, 1.807) is 0 Å². The summed E-state index contributed by atoms with van der Waals surface area (Å²) >= 11 is 0. The molecule has 2 nitrogen and oxygen atoms in total. The van der Waals surface area contributed by atoms with Gasteiger partial charge in [0, 0.05) is 23.6 Å². The van der Waals surface area contributed by atoms with Crippen LogP contribution in [0.1, 0.15) is 29.7 Å². The van der Waals surface area contributed by atoms with Crippen molar-refractivity contribution in [2.75, 3.05) is 0 Å². The Labute approximate surface area is 114 Å². The molecule has 1 aliphatic rings. The van der Waals surface area contributed by atoms with Crippen LogP contribution in [-0.2, 0) is 0 Å². The van der Waals surface area contributed by atoms with Gasteiger partial charge in [-0.2, -0.15) is 0 Å². The fourth-order valence-corrected chi connectivity index (χ4v) is 2.43. The highest BCUT2D eigenvalue weighted by molar-refractivity contribution is 5.39. The Bertz CT molecular complexity index is 660. The summed E-state index contributed by atoms with van der Waals surface area (Å²) in [5, 5.41) is 0. The number of halogens is 3. The van der Waals surface area contributed by atoms with Crippen LogP contribution in [0.3, 0.4) is 0 Å². The molecule has 1 aliphatic heterocycles.